The highest BCUT2D eigenvalue weighted by Gasteiger charge is 2.38. The van der Waals surface area contributed by atoms with Crippen molar-refractivity contribution >= 4 is 11.6 Å². The summed E-state index contributed by atoms with van der Waals surface area (Å²) in [4.78, 5) is 12.6. The van der Waals surface area contributed by atoms with E-state index in [1.807, 2.05) is 39.1 Å². The number of anilines is 1. The van der Waals surface area contributed by atoms with E-state index in [1.165, 1.54) is 0 Å². The molecule has 0 bridgehead atoms. The number of likely N-dealkylation sites (N-methyl/N-ethyl adjacent to an activating group) is 1. The number of hydrogen-bond donors (Lipinski definition) is 3. The van der Waals surface area contributed by atoms with E-state index in [0.717, 1.165) is 42.7 Å². The molecule has 1 aliphatic rings. The molecule has 2 rings (SSSR count). The van der Waals surface area contributed by atoms with E-state index in [-0.39, 0.29) is 5.91 Å². The van der Waals surface area contributed by atoms with Gasteiger partial charge in [0.25, 0.3) is 0 Å². The minimum absolute atomic E-state index is 0.0777. The summed E-state index contributed by atoms with van der Waals surface area (Å²) in [5.74, 6) is 0.0777. The van der Waals surface area contributed by atoms with Gasteiger partial charge in [0, 0.05) is 5.69 Å². The molecule has 3 N–H and O–H groups in total. The van der Waals surface area contributed by atoms with Crippen molar-refractivity contribution in [3.05, 3.63) is 29.3 Å². The van der Waals surface area contributed by atoms with Crippen LogP contribution in [0, 0.1) is 13.8 Å². The summed E-state index contributed by atoms with van der Waals surface area (Å²) in [5.41, 5.74) is 2.71. The Labute approximate surface area is 115 Å². The van der Waals surface area contributed by atoms with Crippen molar-refractivity contribution in [2.75, 3.05) is 25.5 Å². The van der Waals surface area contributed by atoms with Gasteiger partial charge in [-0.3, -0.25) is 4.79 Å². The van der Waals surface area contributed by atoms with E-state index in [0.29, 0.717) is 0 Å². The van der Waals surface area contributed by atoms with Crippen LogP contribution < -0.4 is 16.0 Å². The number of para-hydroxylation sites is 1. The Morgan fingerprint density at radius 3 is 2.32 bits per heavy atom. The lowest BCUT2D eigenvalue weighted by Crippen LogP contribution is -2.58. The number of piperidine rings is 1. The fraction of sp³-hybridized carbons (Fsp3) is 0.533. The SMILES string of the molecule is CNC1(C(=O)Nc2c(C)cccc2C)CCNCC1. The molecule has 1 aromatic rings. The molecule has 0 aliphatic carbocycles. The first-order valence-corrected chi connectivity index (χ1v) is 6.86. The molecular formula is C15H23N3O. The third-order valence-corrected chi connectivity index (χ3v) is 4.09. The minimum Gasteiger partial charge on any atom is -0.324 e. The molecule has 1 saturated heterocycles. The average molecular weight is 261 g/mol. The van der Waals surface area contributed by atoms with Gasteiger partial charge in [0.2, 0.25) is 5.91 Å². The van der Waals surface area contributed by atoms with Gasteiger partial charge in [-0.25, -0.2) is 0 Å². The number of nitrogens with one attached hydrogen (secondary N) is 3. The maximum absolute atomic E-state index is 12.6. The Hall–Kier alpha value is -1.39. The Morgan fingerprint density at radius 2 is 1.79 bits per heavy atom. The summed E-state index contributed by atoms with van der Waals surface area (Å²) >= 11 is 0. The first-order valence-electron chi connectivity index (χ1n) is 6.86. The largest absolute Gasteiger partial charge is 0.324 e. The van der Waals surface area contributed by atoms with Gasteiger partial charge in [-0.05, 0) is 58.0 Å². The van der Waals surface area contributed by atoms with E-state index in [9.17, 15) is 4.79 Å². The van der Waals surface area contributed by atoms with Crippen LogP contribution in [0.15, 0.2) is 18.2 Å². The third kappa shape index (κ3) is 2.80. The van der Waals surface area contributed by atoms with Crippen molar-refractivity contribution in [1.29, 1.82) is 0 Å². The van der Waals surface area contributed by atoms with Gasteiger partial charge >= 0.3 is 0 Å². The second kappa shape index (κ2) is 5.72. The molecule has 0 radical (unpaired) electrons. The number of amides is 1. The number of carbonyl (C=O) groups is 1. The second-order valence-electron chi connectivity index (χ2n) is 5.30. The predicted molar refractivity (Wildman–Crippen MR) is 78.4 cm³/mol. The molecule has 0 spiro atoms. The van der Waals surface area contributed by atoms with Crippen LogP contribution in [0.5, 0.6) is 0 Å². The van der Waals surface area contributed by atoms with Gasteiger partial charge in [-0.1, -0.05) is 18.2 Å². The number of rotatable bonds is 3. The van der Waals surface area contributed by atoms with Crippen molar-refractivity contribution < 1.29 is 4.79 Å². The molecule has 1 aliphatic heterocycles. The van der Waals surface area contributed by atoms with E-state index in [2.05, 4.69) is 16.0 Å². The fourth-order valence-corrected chi connectivity index (χ4v) is 2.69. The van der Waals surface area contributed by atoms with Gasteiger partial charge in [0.1, 0.15) is 5.54 Å². The lowest BCUT2D eigenvalue weighted by molar-refractivity contribution is -0.123. The van der Waals surface area contributed by atoms with Gasteiger partial charge < -0.3 is 16.0 Å². The van der Waals surface area contributed by atoms with Crippen LogP contribution in [0.3, 0.4) is 0 Å². The average Bonchev–Trinajstić information content (AvgIpc) is 2.43. The topological polar surface area (TPSA) is 53.2 Å². The predicted octanol–water partition coefficient (Wildman–Crippen LogP) is 1.58. The Morgan fingerprint density at radius 1 is 1.21 bits per heavy atom. The molecule has 0 saturated carbocycles. The minimum atomic E-state index is -0.444. The highest BCUT2D eigenvalue weighted by atomic mass is 16.2. The molecule has 0 aromatic heterocycles. The summed E-state index contributed by atoms with van der Waals surface area (Å²) in [6.45, 7) is 5.80. The van der Waals surface area contributed by atoms with E-state index in [4.69, 9.17) is 0 Å². The molecular weight excluding hydrogens is 238 g/mol. The molecule has 1 heterocycles. The highest BCUT2D eigenvalue weighted by Crippen LogP contribution is 2.24. The molecule has 0 atom stereocenters. The summed E-state index contributed by atoms with van der Waals surface area (Å²) in [7, 11) is 1.87. The summed E-state index contributed by atoms with van der Waals surface area (Å²) in [6, 6.07) is 6.06. The number of hydrogen-bond acceptors (Lipinski definition) is 3. The van der Waals surface area contributed by atoms with Crippen molar-refractivity contribution in [2.24, 2.45) is 0 Å². The summed E-state index contributed by atoms with van der Waals surface area (Å²) < 4.78 is 0. The lowest BCUT2D eigenvalue weighted by atomic mass is 9.87. The van der Waals surface area contributed by atoms with Crippen molar-refractivity contribution in [3.8, 4) is 0 Å². The summed E-state index contributed by atoms with van der Waals surface area (Å²) in [5, 5.41) is 9.63. The molecule has 4 heteroatoms. The molecule has 1 amide bonds. The number of benzene rings is 1. The molecule has 1 aromatic carbocycles. The third-order valence-electron chi connectivity index (χ3n) is 4.09. The van der Waals surface area contributed by atoms with Gasteiger partial charge in [-0.2, -0.15) is 0 Å². The van der Waals surface area contributed by atoms with Crippen molar-refractivity contribution in [1.82, 2.24) is 10.6 Å². The fourth-order valence-electron chi connectivity index (χ4n) is 2.69. The smallest absolute Gasteiger partial charge is 0.244 e. The zero-order valence-corrected chi connectivity index (χ0v) is 12.0. The molecule has 0 unspecified atom stereocenters. The molecule has 1 fully saturated rings. The van der Waals surface area contributed by atoms with E-state index in [1.54, 1.807) is 0 Å². The van der Waals surface area contributed by atoms with Crippen LogP contribution in [-0.2, 0) is 4.79 Å². The molecule has 104 valence electrons. The van der Waals surface area contributed by atoms with Crippen LogP contribution in [0.25, 0.3) is 0 Å². The van der Waals surface area contributed by atoms with Crippen molar-refractivity contribution in [2.45, 2.75) is 32.2 Å². The number of carbonyl (C=O) groups excluding carboxylic acids is 1. The quantitative estimate of drug-likeness (QED) is 0.774. The number of aryl methyl sites for hydroxylation is 2. The van der Waals surface area contributed by atoms with Gasteiger partial charge in [0.15, 0.2) is 0 Å². The first-order chi connectivity index (χ1) is 9.09. The Balaban J connectivity index is 2.20. The van der Waals surface area contributed by atoms with Gasteiger partial charge in [-0.15, -0.1) is 0 Å². The standard InChI is InChI=1S/C15H23N3O/c1-11-5-4-6-12(2)13(11)18-14(19)15(16-3)7-9-17-10-8-15/h4-6,16-17H,7-10H2,1-3H3,(H,18,19). The second-order valence-corrected chi connectivity index (χ2v) is 5.30. The van der Waals surface area contributed by atoms with Crippen molar-refractivity contribution in [3.63, 3.8) is 0 Å². The Kier molecular flexibility index (Phi) is 4.22. The lowest BCUT2D eigenvalue weighted by Gasteiger charge is -2.36. The maximum Gasteiger partial charge on any atom is 0.244 e. The van der Waals surface area contributed by atoms with Crippen LogP contribution in [-0.4, -0.2) is 31.6 Å². The highest BCUT2D eigenvalue weighted by molar-refractivity contribution is 5.99. The van der Waals surface area contributed by atoms with Gasteiger partial charge in [0.05, 0.1) is 0 Å². The first kappa shape index (κ1) is 14.0. The van der Waals surface area contributed by atoms with Crippen LogP contribution in [0.1, 0.15) is 24.0 Å². The normalized spacial score (nSPS) is 18.1. The Bertz CT molecular complexity index is 444. The monoisotopic (exact) mass is 261 g/mol. The maximum atomic E-state index is 12.6. The van der Waals surface area contributed by atoms with Crippen LogP contribution in [0.4, 0.5) is 5.69 Å². The van der Waals surface area contributed by atoms with Crippen LogP contribution >= 0.6 is 0 Å². The zero-order valence-electron chi connectivity index (χ0n) is 12.0. The van der Waals surface area contributed by atoms with E-state index >= 15 is 0 Å². The van der Waals surface area contributed by atoms with E-state index < -0.39 is 5.54 Å². The molecule has 4 nitrogen and oxygen atoms in total. The summed E-state index contributed by atoms with van der Waals surface area (Å²) in [6.07, 6.45) is 1.64. The van der Waals surface area contributed by atoms with Crippen LogP contribution in [0.2, 0.25) is 0 Å². The zero-order chi connectivity index (χ0) is 13.9. The molecule has 19 heavy (non-hydrogen) atoms.